The molecule has 1 aromatic carbocycles. The fourth-order valence-corrected chi connectivity index (χ4v) is 4.26. The molecule has 1 atom stereocenters. The molecule has 4 rings (SSSR count). The third kappa shape index (κ3) is 4.93. The number of halogens is 1. The number of aromatic nitrogens is 1. The molecule has 1 N–H and O–H groups in total. The first-order valence-electron chi connectivity index (χ1n) is 10.6. The molecule has 2 fully saturated rings. The number of hydrogen-bond acceptors (Lipinski definition) is 4. The van der Waals surface area contributed by atoms with Crippen LogP contribution in [0.5, 0.6) is 0 Å². The average Bonchev–Trinajstić information content (AvgIpc) is 3.33. The number of pyridine rings is 1. The average molecular weight is 427 g/mol. The predicted octanol–water partition coefficient (Wildman–Crippen LogP) is 3.50. The highest BCUT2D eigenvalue weighted by Gasteiger charge is 2.28. The minimum Gasteiger partial charge on any atom is -0.357 e. The van der Waals surface area contributed by atoms with Gasteiger partial charge in [0.2, 0.25) is 5.91 Å². The Morgan fingerprint density at radius 1 is 1.03 bits per heavy atom. The number of amides is 2. The Morgan fingerprint density at radius 2 is 1.80 bits per heavy atom. The van der Waals surface area contributed by atoms with Gasteiger partial charge in [-0.1, -0.05) is 17.7 Å². The van der Waals surface area contributed by atoms with Crippen molar-refractivity contribution in [1.29, 1.82) is 0 Å². The standard InChI is InChI=1S/C23H27ClN4O2/c24-20-8-6-18(7-9-20)23(30)28-13-3-4-19(16-28)22(29)26-15-17-5-10-21(25-14-17)27-11-1-2-12-27/h5-10,14,19H,1-4,11-13,15-16H2,(H,26,29). The molecule has 2 aliphatic rings. The number of carbonyl (C=O) groups excluding carboxylic acids is 2. The van der Waals surface area contributed by atoms with Crippen molar-refractivity contribution in [3.8, 4) is 0 Å². The van der Waals surface area contributed by atoms with Crippen LogP contribution in [0.25, 0.3) is 0 Å². The SMILES string of the molecule is O=C(NCc1ccc(N2CCCC2)nc1)C1CCCN(C(=O)c2ccc(Cl)cc2)C1. The quantitative estimate of drug-likeness (QED) is 0.794. The Labute approximate surface area is 182 Å². The topological polar surface area (TPSA) is 65.5 Å². The van der Waals surface area contributed by atoms with Crippen LogP contribution in [0.15, 0.2) is 42.6 Å². The second-order valence-electron chi connectivity index (χ2n) is 8.03. The van der Waals surface area contributed by atoms with Crippen LogP contribution in [0.1, 0.15) is 41.6 Å². The summed E-state index contributed by atoms with van der Waals surface area (Å²) in [5.74, 6) is 0.760. The van der Waals surface area contributed by atoms with Crippen LogP contribution in [0.3, 0.4) is 0 Å². The zero-order valence-corrected chi connectivity index (χ0v) is 17.8. The number of piperidine rings is 1. The van der Waals surface area contributed by atoms with E-state index in [1.807, 2.05) is 18.3 Å². The summed E-state index contributed by atoms with van der Waals surface area (Å²) in [5, 5.41) is 3.62. The highest BCUT2D eigenvalue weighted by Crippen LogP contribution is 2.21. The first-order valence-corrected chi connectivity index (χ1v) is 11.0. The molecule has 3 heterocycles. The van der Waals surface area contributed by atoms with E-state index in [1.54, 1.807) is 29.2 Å². The molecule has 2 saturated heterocycles. The van der Waals surface area contributed by atoms with E-state index in [4.69, 9.17) is 11.6 Å². The fraction of sp³-hybridized carbons (Fsp3) is 0.435. The van der Waals surface area contributed by atoms with E-state index < -0.39 is 0 Å². The molecular formula is C23H27ClN4O2. The van der Waals surface area contributed by atoms with Crippen LogP contribution in [-0.2, 0) is 11.3 Å². The third-order valence-corrected chi connectivity index (χ3v) is 6.13. The minimum atomic E-state index is -0.188. The number of benzene rings is 1. The van der Waals surface area contributed by atoms with Crippen LogP contribution >= 0.6 is 11.6 Å². The summed E-state index contributed by atoms with van der Waals surface area (Å²) in [5.41, 5.74) is 1.58. The van der Waals surface area contributed by atoms with E-state index in [9.17, 15) is 9.59 Å². The zero-order chi connectivity index (χ0) is 20.9. The summed E-state index contributed by atoms with van der Waals surface area (Å²) in [7, 11) is 0. The molecule has 0 aliphatic carbocycles. The molecule has 1 aromatic heterocycles. The first-order chi connectivity index (χ1) is 14.6. The van der Waals surface area contributed by atoms with Gasteiger partial charge in [0, 0.05) is 49.5 Å². The van der Waals surface area contributed by atoms with Crippen LogP contribution in [0.2, 0.25) is 5.02 Å². The molecular weight excluding hydrogens is 400 g/mol. The van der Waals surface area contributed by atoms with Crippen molar-refractivity contribution in [3.63, 3.8) is 0 Å². The summed E-state index contributed by atoms with van der Waals surface area (Å²) in [6.45, 7) is 3.70. The maximum Gasteiger partial charge on any atom is 0.253 e. The lowest BCUT2D eigenvalue weighted by Crippen LogP contribution is -2.45. The van der Waals surface area contributed by atoms with E-state index in [-0.39, 0.29) is 17.7 Å². The number of anilines is 1. The van der Waals surface area contributed by atoms with E-state index in [2.05, 4.69) is 15.2 Å². The summed E-state index contributed by atoms with van der Waals surface area (Å²) in [4.78, 5) is 34.0. The van der Waals surface area contributed by atoms with Gasteiger partial charge in [0.05, 0.1) is 5.92 Å². The lowest BCUT2D eigenvalue weighted by atomic mass is 9.96. The van der Waals surface area contributed by atoms with Crippen LogP contribution in [-0.4, -0.2) is 47.9 Å². The van der Waals surface area contributed by atoms with Gasteiger partial charge in [-0.25, -0.2) is 4.98 Å². The number of rotatable bonds is 5. The molecule has 0 saturated carbocycles. The van der Waals surface area contributed by atoms with Gasteiger partial charge in [-0.2, -0.15) is 0 Å². The Morgan fingerprint density at radius 3 is 2.50 bits per heavy atom. The van der Waals surface area contributed by atoms with Crippen molar-refractivity contribution in [1.82, 2.24) is 15.2 Å². The molecule has 0 spiro atoms. The zero-order valence-electron chi connectivity index (χ0n) is 17.0. The van der Waals surface area contributed by atoms with E-state index in [1.165, 1.54) is 12.8 Å². The van der Waals surface area contributed by atoms with Crippen molar-refractivity contribution in [3.05, 3.63) is 58.7 Å². The largest absolute Gasteiger partial charge is 0.357 e. The van der Waals surface area contributed by atoms with Gasteiger partial charge in [0.25, 0.3) is 5.91 Å². The highest BCUT2D eigenvalue weighted by molar-refractivity contribution is 6.30. The maximum atomic E-state index is 12.7. The van der Waals surface area contributed by atoms with Gasteiger partial charge in [-0.05, 0) is 61.6 Å². The van der Waals surface area contributed by atoms with Gasteiger partial charge in [0.15, 0.2) is 0 Å². The second kappa shape index (κ2) is 9.47. The van der Waals surface area contributed by atoms with Crippen LogP contribution in [0, 0.1) is 5.92 Å². The lowest BCUT2D eigenvalue weighted by Gasteiger charge is -2.32. The van der Waals surface area contributed by atoms with Gasteiger partial charge in [-0.3, -0.25) is 9.59 Å². The van der Waals surface area contributed by atoms with Crippen molar-refractivity contribution in [2.75, 3.05) is 31.1 Å². The Balaban J connectivity index is 1.29. The normalized spacial score (nSPS) is 19.0. The van der Waals surface area contributed by atoms with E-state index in [0.29, 0.717) is 30.2 Å². The molecule has 158 valence electrons. The first kappa shape index (κ1) is 20.7. The predicted molar refractivity (Wildman–Crippen MR) is 118 cm³/mol. The third-order valence-electron chi connectivity index (χ3n) is 5.88. The number of nitrogens with one attached hydrogen (secondary N) is 1. The molecule has 2 amide bonds. The fourth-order valence-electron chi connectivity index (χ4n) is 4.14. The van der Waals surface area contributed by atoms with Gasteiger partial charge in [0.1, 0.15) is 5.82 Å². The molecule has 0 radical (unpaired) electrons. The van der Waals surface area contributed by atoms with Crippen LogP contribution in [0.4, 0.5) is 5.82 Å². The molecule has 2 aliphatic heterocycles. The molecule has 30 heavy (non-hydrogen) atoms. The van der Waals surface area contributed by atoms with Gasteiger partial charge < -0.3 is 15.1 Å². The maximum absolute atomic E-state index is 12.7. The Hall–Kier alpha value is -2.60. The van der Waals surface area contributed by atoms with Crippen molar-refractivity contribution in [2.45, 2.75) is 32.2 Å². The lowest BCUT2D eigenvalue weighted by molar-refractivity contribution is -0.126. The second-order valence-corrected chi connectivity index (χ2v) is 8.47. The number of nitrogens with zero attached hydrogens (tertiary/aromatic N) is 3. The molecule has 1 unspecified atom stereocenters. The number of likely N-dealkylation sites (tertiary alicyclic amines) is 1. The summed E-state index contributed by atoms with van der Waals surface area (Å²) in [6, 6.07) is 10.9. The highest BCUT2D eigenvalue weighted by atomic mass is 35.5. The van der Waals surface area contributed by atoms with Crippen molar-refractivity contribution in [2.24, 2.45) is 5.92 Å². The molecule has 0 bridgehead atoms. The number of carbonyl (C=O) groups is 2. The van der Waals surface area contributed by atoms with Gasteiger partial charge >= 0.3 is 0 Å². The summed E-state index contributed by atoms with van der Waals surface area (Å²) < 4.78 is 0. The van der Waals surface area contributed by atoms with E-state index in [0.717, 1.165) is 37.3 Å². The van der Waals surface area contributed by atoms with Crippen molar-refractivity contribution < 1.29 is 9.59 Å². The number of hydrogen-bond donors (Lipinski definition) is 1. The van der Waals surface area contributed by atoms with Crippen molar-refractivity contribution >= 4 is 29.2 Å². The molecule has 2 aromatic rings. The summed E-state index contributed by atoms with van der Waals surface area (Å²) in [6.07, 6.45) is 5.90. The van der Waals surface area contributed by atoms with Gasteiger partial charge in [-0.15, -0.1) is 0 Å². The monoisotopic (exact) mass is 426 g/mol. The summed E-state index contributed by atoms with van der Waals surface area (Å²) >= 11 is 5.91. The Kier molecular flexibility index (Phi) is 6.53. The smallest absolute Gasteiger partial charge is 0.253 e. The molecule has 6 nitrogen and oxygen atoms in total. The Bertz CT molecular complexity index is 879. The van der Waals surface area contributed by atoms with E-state index >= 15 is 0 Å². The minimum absolute atomic E-state index is 0.00720. The van der Waals surface area contributed by atoms with Crippen LogP contribution < -0.4 is 10.2 Å². The molecule has 7 heteroatoms.